The Morgan fingerprint density at radius 3 is 2.86 bits per heavy atom. The van der Waals surface area contributed by atoms with E-state index in [2.05, 4.69) is 25.8 Å². The Kier molecular flexibility index (Phi) is 4.09. The maximum absolute atomic E-state index is 11.0. The number of aromatic nitrogens is 2. The number of nitrogens with zero attached hydrogens (tertiary/aromatic N) is 2. The summed E-state index contributed by atoms with van der Waals surface area (Å²) in [5, 5.41) is 4.00. The van der Waals surface area contributed by atoms with Gasteiger partial charge in [0.2, 0.25) is 10.0 Å². The van der Waals surface area contributed by atoms with E-state index < -0.39 is 10.0 Å². The minimum Gasteiger partial charge on any atom is -0.270 e. The van der Waals surface area contributed by atoms with E-state index in [1.807, 2.05) is 0 Å². The first-order chi connectivity index (χ1) is 6.53. The van der Waals surface area contributed by atoms with Crippen molar-refractivity contribution in [1.82, 2.24) is 14.5 Å². The van der Waals surface area contributed by atoms with E-state index in [9.17, 15) is 8.42 Å². The summed E-state index contributed by atoms with van der Waals surface area (Å²) in [5.41, 5.74) is 0. The largest absolute Gasteiger partial charge is 0.270 e. The molecule has 0 aliphatic heterocycles. The highest BCUT2D eigenvalue weighted by molar-refractivity contribution is 9.10. The first-order valence-corrected chi connectivity index (χ1v) is 6.63. The maximum atomic E-state index is 11.0. The van der Waals surface area contributed by atoms with E-state index >= 15 is 0 Å². The molecule has 1 rings (SSSR count). The summed E-state index contributed by atoms with van der Waals surface area (Å²) in [5.74, 6) is 0.107. The third kappa shape index (κ3) is 3.77. The molecule has 0 amide bonds. The summed E-state index contributed by atoms with van der Waals surface area (Å²) in [7, 11) is -3.09. The van der Waals surface area contributed by atoms with Crippen LogP contribution in [-0.4, -0.2) is 30.5 Å². The van der Waals surface area contributed by atoms with Gasteiger partial charge in [0, 0.05) is 12.7 Å². The van der Waals surface area contributed by atoms with Crippen LogP contribution in [-0.2, 0) is 16.6 Å². The van der Waals surface area contributed by atoms with Gasteiger partial charge in [-0.3, -0.25) is 4.68 Å². The third-order valence-electron chi connectivity index (χ3n) is 1.64. The molecular formula is C7H12BrN3O2S. The zero-order valence-electron chi connectivity index (χ0n) is 7.77. The number of rotatable bonds is 5. The molecule has 0 spiro atoms. The second kappa shape index (κ2) is 4.90. The zero-order valence-corrected chi connectivity index (χ0v) is 10.2. The van der Waals surface area contributed by atoms with Crippen molar-refractivity contribution in [3.63, 3.8) is 0 Å². The van der Waals surface area contributed by atoms with Crippen LogP contribution in [0, 0.1) is 0 Å². The molecular weight excluding hydrogens is 270 g/mol. The lowest BCUT2D eigenvalue weighted by atomic mass is 10.6. The fourth-order valence-corrected chi connectivity index (χ4v) is 1.81. The standard InChI is InChI=1S/C7H12BrN3O2S/c1-2-14(12,13)10-3-4-11-6-7(8)5-9-11/h5-6,10H,2-4H2,1H3. The summed E-state index contributed by atoms with van der Waals surface area (Å²) in [6.07, 6.45) is 3.45. The van der Waals surface area contributed by atoms with Crippen LogP contribution in [0.2, 0.25) is 0 Å². The zero-order chi connectivity index (χ0) is 10.6. The quantitative estimate of drug-likeness (QED) is 0.859. The number of sulfonamides is 1. The Hall–Kier alpha value is -0.400. The fourth-order valence-electron chi connectivity index (χ4n) is 0.878. The van der Waals surface area contributed by atoms with Crippen molar-refractivity contribution in [2.45, 2.75) is 13.5 Å². The minimum absolute atomic E-state index is 0.107. The van der Waals surface area contributed by atoms with Crippen molar-refractivity contribution in [2.24, 2.45) is 0 Å². The molecule has 0 aliphatic rings. The van der Waals surface area contributed by atoms with Crippen molar-refractivity contribution in [3.05, 3.63) is 16.9 Å². The molecule has 1 heterocycles. The topological polar surface area (TPSA) is 64.0 Å². The lowest BCUT2D eigenvalue weighted by Crippen LogP contribution is -2.28. The number of halogens is 1. The second-order valence-electron chi connectivity index (χ2n) is 2.72. The molecule has 1 aromatic rings. The van der Waals surface area contributed by atoms with Gasteiger partial charge in [-0.1, -0.05) is 0 Å². The van der Waals surface area contributed by atoms with Gasteiger partial charge in [0.1, 0.15) is 0 Å². The van der Waals surface area contributed by atoms with E-state index in [1.54, 1.807) is 24.0 Å². The van der Waals surface area contributed by atoms with Crippen LogP contribution in [0.5, 0.6) is 0 Å². The van der Waals surface area contributed by atoms with Gasteiger partial charge in [-0.05, 0) is 22.9 Å². The van der Waals surface area contributed by atoms with Crippen LogP contribution < -0.4 is 4.72 Å². The Balaban J connectivity index is 2.36. The van der Waals surface area contributed by atoms with Crippen LogP contribution in [0.1, 0.15) is 6.92 Å². The van der Waals surface area contributed by atoms with Gasteiger partial charge >= 0.3 is 0 Å². The van der Waals surface area contributed by atoms with Gasteiger partial charge < -0.3 is 0 Å². The van der Waals surface area contributed by atoms with Gasteiger partial charge in [-0.2, -0.15) is 5.10 Å². The molecule has 0 bridgehead atoms. The van der Waals surface area contributed by atoms with E-state index in [1.165, 1.54) is 0 Å². The number of hydrogen-bond donors (Lipinski definition) is 1. The Bertz CT molecular complexity index is 387. The molecule has 0 unspecified atom stereocenters. The van der Waals surface area contributed by atoms with Crippen LogP contribution in [0.3, 0.4) is 0 Å². The van der Waals surface area contributed by atoms with E-state index in [-0.39, 0.29) is 5.75 Å². The lowest BCUT2D eigenvalue weighted by Gasteiger charge is -2.03. The summed E-state index contributed by atoms with van der Waals surface area (Å²) in [6.45, 7) is 2.50. The van der Waals surface area contributed by atoms with E-state index in [4.69, 9.17) is 0 Å². The van der Waals surface area contributed by atoms with Crippen LogP contribution >= 0.6 is 15.9 Å². The van der Waals surface area contributed by atoms with Crippen LogP contribution in [0.15, 0.2) is 16.9 Å². The fraction of sp³-hybridized carbons (Fsp3) is 0.571. The maximum Gasteiger partial charge on any atom is 0.211 e. The normalized spacial score (nSPS) is 11.9. The predicted molar refractivity (Wildman–Crippen MR) is 57.4 cm³/mol. The predicted octanol–water partition coefficient (Wildman–Crippen LogP) is 0.585. The Morgan fingerprint density at radius 1 is 1.64 bits per heavy atom. The van der Waals surface area contributed by atoms with Gasteiger partial charge in [-0.25, -0.2) is 13.1 Å². The number of hydrogen-bond acceptors (Lipinski definition) is 3. The molecule has 0 aromatic carbocycles. The molecule has 1 N–H and O–H groups in total. The Morgan fingerprint density at radius 2 is 2.36 bits per heavy atom. The monoisotopic (exact) mass is 281 g/mol. The van der Waals surface area contributed by atoms with Gasteiger partial charge in [0.15, 0.2) is 0 Å². The summed E-state index contributed by atoms with van der Waals surface area (Å²) < 4.78 is 27.1. The highest BCUT2D eigenvalue weighted by Crippen LogP contribution is 2.05. The summed E-state index contributed by atoms with van der Waals surface area (Å²) in [4.78, 5) is 0. The highest BCUT2D eigenvalue weighted by Gasteiger charge is 2.04. The molecule has 0 atom stereocenters. The SMILES string of the molecule is CCS(=O)(=O)NCCn1cc(Br)cn1. The van der Waals surface area contributed by atoms with Gasteiger partial charge in [0.05, 0.1) is 23.0 Å². The van der Waals surface area contributed by atoms with Gasteiger partial charge in [-0.15, -0.1) is 0 Å². The van der Waals surface area contributed by atoms with Crippen molar-refractivity contribution < 1.29 is 8.42 Å². The summed E-state index contributed by atoms with van der Waals surface area (Å²) >= 11 is 3.26. The smallest absolute Gasteiger partial charge is 0.211 e. The van der Waals surface area contributed by atoms with Crippen LogP contribution in [0.25, 0.3) is 0 Å². The average Bonchev–Trinajstić information content (AvgIpc) is 2.51. The summed E-state index contributed by atoms with van der Waals surface area (Å²) in [6, 6.07) is 0. The number of nitrogens with one attached hydrogen (secondary N) is 1. The minimum atomic E-state index is -3.09. The van der Waals surface area contributed by atoms with E-state index in [0.717, 1.165) is 4.47 Å². The molecule has 14 heavy (non-hydrogen) atoms. The van der Waals surface area contributed by atoms with Crippen molar-refractivity contribution in [3.8, 4) is 0 Å². The molecule has 80 valence electrons. The molecule has 0 aliphatic carbocycles. The molecule has 0 saturated heterocycles. The average molecular weight is 282 g/mol. The van der Waals surface area contributed by atoms with Gasteiger partial charge in [0.25, 0.3) is 0 Å². The molecule has 5 nitrogen and oxygen atoms in total. The highest BCUT2D eigenvalue weighted by atomic mass is 79.9. The first-order valence-electron chi connectivity index (χ1n) is 4.19. The molecule has 1 aromatic heterocycles. The van der Waals surface area contributed by atoms with Crippen molar-refractivity contribution in [2.75, 3.05) is 12.3 Å². The third-order valence-corrected chi connectivity index (χ3v) is 3.46. The van der Waals surface area contributed by atoms with Crippen molar-refractivity contribution in [1.29, 1.82) is 0 Å². The van der Waals surface area contributed by atoms with Crippen molar-refractivity contribution >= 4 is 26.0 Å². The first kappa shape index (κ1) is 11.7. The molecule has 0 fully saturated rings. The van der Waals surface area contributed by atoms with E-state index in [0.29, 0.717) is 13.1 Å². The Labute approximate surface area is 91.7 Å². The molecule has 0 saturated carbocycles. The van der Waals surface area contributed by atoms with Crippen LogP contribution in [0.4, 0.5) is 0 Å². The molecule has 0 radical (unpaired) electrons. The lowest BCUT2D eigenvalue weighted by molar-refractivity contribution is 0.562. The second-order valence-corrected chi connectivity index (χ2v) is 5.73. The molecule has 7 heteroatoms.